The van der Waals surface area contributed by atoms with Crippen LogP contribution in [0.2, 0.25) is 0 Å². The first-order valence-corrected chi connectivity index (χ1v) is 8.54. The van der Waals surface area contributed by atoms with E-state index in [4.69, 9.17) is 0 Å². The number of carbonyl (C=O) groups excluding carboxylic acids is 1. The molecule has 1 spiro atoms. The molecule has 3 aliphatic rings. The van der Waals surface area contributed by atoms with Gasteiger partial charge in [0.15, 0.2) is 0 Å². The maximum Gasteiger partial charge on any atom is 0.255 e. The molecule has 1 aliphatic carbocycles. The SMILES string of the molecule is O=C1NC2N(Cc3ccccc3C23CCCC3)c2ccccc21. The van der Waals surface area contributed by atoms with Crippen LogP contribution in [0.3, 0.4) is 0 Å². The Morgan fingerprint density at radius 1 is 1.00 bits per heavy atom. The molecule has 2 aromatic carbocycles. The molecule has 23 heavy (non-hydrogen) atoms. The summed E-state index contributed by atoms with van der Waals surface area (Å²) in [6.07, 6.45) is 4.90. The predicted molar refractivity (Wildman–Crippen MR) is 90.5 cm³/mol. The van der Waals surface area contributed by atoms with Gasteiger partial charge in [0, 0.05) is 12.0 Å². The maximum absolute atomic E-state index is 12.7. The lowest BCUT2D eigenvalue weighted by Gasteiger charge is -2.52. The second-order valence-corrected chi connectivity index (χ2v) is 7.04. The largest absolute Gasteiger partial charge is 0.345 e. The van der Waals surface area contributed by atoms with Gasteiger partial charge in [-0.25, -0.2) is 0 Å². The van der Waals surface area contributed by atoms with Gasteiger partial charge in [-0.15, -0.1) is 0 Å². The van der Waals surface area contributed by atoms with E-state index >= 15 is 0 Å². The van der Waals surface area contributed by atoms with Crippen LogP contribution in [0.15, 0.2) is 48.5 Å². The predicted octanol–water partition coefficient (Wildman–Crippen LogP) is 3.59. The molecule has 0 aromatic heterocycles. The fraction of sp³-hybridized carbons (Fsp3) is 0.350. The first kappa shape index (κ1) is 13.2. The number of nitrogens with zero attached hydrogens (tertiary/aromatic N) is 1. The van der Waals surface area contributed by atoms with Crippen LogP contribution in [0.5, 0.6) is 0 Å². The number of rotatable bonds is 0. The van der Waals surface area contributed by atoms with Crippen LogP contribution in [-0.2, 0) is 12.0 Å². The fourth-order valence-electron chi connectivity index (χ4n) is 4.97. The average Bonchev–Trinajstić information content (AvgIpc) is 3.07. The van der Waals surface area contributed by atoms with E-state index in [1.54, 1.807) is 0 Å². The Kier molecular flexibility index (Phi) is 2.64. The van der Waals surface area contributed by atoms with Crippen molar-refractivity contribution < 1.29 is 4.79 Å². The molecule has 2 aromatic rings. The fourth-order valence-corrected chi connectivity index (χ4v) is 4.97. The van der Waals surface area contributed by atoms with Crippen molar-refractivity contribution in [1.82, 2.24) is 5.32 Å². The summed E-state index contributed by atoms with van der Waals surface area (Å²) in [6.45, 7) is 0.875. The van der Waals surface area contributed by atoms with Gasteiger partial charge in [0.2, 0.25) is 0 Å². The number of benzene rings is 2. The van der Waals surface area contributed by atoms with E-state index in [1.165, 1.54) is 24.0 Å². The van der Waals surface area contributed by atoms with Gasteiger partial charge in [0.05, 0.1) is 11.3 Å². The Balaban J connectivity index is 1.74. The standard InChI is InChI=1S/C20H20N2O/c23-18-15-8-2-4-10-17(15)22-13-14-7-1-3-9-16(14)20(19(22)21-18)11-5-6-12-20/h1-4,7-10,19H,5-6,11-13H2,(H,21,23). The molecule has 0 saturated heterocycles. The highest BCUT2D eigenvalue weighted by Crippen LogP contribution is 2.51. The summed E-state index contributed by atoms with van der Waals surface area (Å²) in [6, 6.07) is 16.8. The second-order valence-electron chi connectivity index (χ2n) is 7.04. The van der Waals surface area contributed by atoms with Crippen molar-refractivity contribution in [3.8, 4) is 0 Å². The highest BCUT2D eigenvalue weighted by molar-refractivity contribution is 6.02. The lowest BCUT2D eigenvalue weighted by Crippen LogP contribution is -2.64. The molecule has 1 saturated carbocycles. The smallest absolute Gasteiger partial charge is 0.255 e. The number of anilines is 1. The summed E-state index contributed by atoms with van der Waals surface area (Å²) in [5.41, 5.74) is 4.83. The van der Waals surface area contributed by atoms with E-state index < -0.39 is 0 Å². The third-order valence-corrected chi connectivity index (χ3v) is 5.95. The average molecular weight is 304 g/mol. The minimum Gasteiger partial charge on any atom is -0.345 e. The van der Waals surface area contributed by atoms with Gasteiger partial charge < -0.3 is 10.2 Å². The second kappa shape index (κ2) is 4.60. The minimum absolute atomic E-state index is 0.0675. The van der Waals surface area contributed by atoms with Gasteiger partial charge in [0.25, 0.3) is 5.91 Å². The van der Waals surface area contributed by atoms with Gasteiger partial charge in [-0.1, -0.05) is 49.2 Å². The van der Waals surface area contributed by atoms with Crippen molar-refractivity contribution in [1.29, 1.82) is 0 Å². The molecule has 2 heterocycles. The third kappa shape index (κ3) is 1.68. The number of carbonyl (C=O) groups is 1. The molecule has 116 valence electrons. The Hall–Kier alpha value is -2.29. The first-order valence-electron chi connectivity index (χ1n) is 8.54. The van der Waals surface area contributed by atoms with E-state index in [0.717, 1.165) is 30.6 Å². The van der Waals surface area contributed by atoms with Crippen LogP contribution in [0.1, 0.15) is 47.2 Å². The molecule has 2 aliphatic heterocycles. The Morgan fingerprint density at radius 2 is 1.74 bits per heavy atom. The Labute approximate surface area is 136 Å². The zero-order chi connectivity index (χ0) is 15.4. The van der Waals surface area contributed by atoms with Crippen LogP contribution < -0.4 is 10.2 Å². The van der Waals surface area contributed by atoms with Crippen molar-refractivity contribution in [3.63, 3.8) is 0 Å². The van der Waals surface area contributed by atoms with E-state index in [9.17, 15) is 4.79 Å². The van der Waals surface area contributed by atoms with Crippen molar-refractivity contribution in [2.45, 2.75) is 43.8 Å². The van der Waals surface area contributed by atoms with Crippen LogP contribution >= 0.6 is 0 Å². The quantitative estimate of drug-likeness (QED) is 0.806. The number of hydrogen-bond acceptors (Lipinski definition) is 2. The number of hydrogen-bond donors (Lipinski definition) is 1. The van der Waals surface area contributed by atoms with Crippen LogP contribution in [-0.4, -0.2) is 12.1 Å². The molecular weight excluding hydrogens is 284 g/mol. The molecule has 3 nitrogen and oxygen atoms in total. The third-order valence-electron chi connectivity index (χ3n) is 5.95. The zero-order valence-corrected chi connectivity index (χ0v) is 13.1. The molecule has 0 radical (unpaired) electrons. The molecule has 1 fully saturated rings. The molecule has 1 N–H and O–H groups in total. The number of fused-ring (bicyclic) bond motifs is 6. The van der Waals surface area contributed by atoms with Crippen LogP contribution in [0.4, 0.5) is 5.69 Å². The lowest BCUT2D eigenvalue weighted by molar-refractivity contribution is 0.0890. The topological polar surface area (TPSA) is 32.3 Å². The van der Waals surface area contributed by atoms with E-state index in [1.807, 2.05) is 18.2 Å². The summed E-state index contributed by atoms with van der Waals surface area (Å²) in [5, 5.41) is 3.34. The summed E-state index contributed by atoms with van der Waals surface area (Å²) in [7, 11) is 0. The Bertz CT molecular complexity index is 792. The van der Waals surface area contributed by atoms with Crippen LogP contribution in [0.25, 0.3) is 0 Å². The highest BCUT2D eigenvalue weighted by Gasteiger charge is 2.51. The first-order chi connectivity index (χ1) is 11.3. The van der Waals surface area contributed by atoms with Crippen molar-refractivity contribution in [2.24, 2.45) is 0 Å². The van der Waals surface area contributed by atoms with E-state index in [-0.39, 0.29) is 17.5 Å². The van der Waals surface area contributed by atoms with Crippen molar-refractivity contribution >= 4 is 11.6 Å². The van der Waals surface area contributed by atoms with Crippen LogP contribution in [0, 0.1) is 0 Å². The molecule has 3 heteroatoms. The Morgan fingerprint density at radius 3 is 2.61 bits per heavy atom. The monoisotopic (exact) mass is 304 g/mol. The van der Waals surface area contributed by atoms with Crippen molar-refractivity contribution in [2.75, 3.05) is 4.90 Å². The van der Waals surface area contributed by atoms with Gasteiger partial charge in [-0.3, -0.25) is 4.79 Å². The van der Waals surface area contributed by atoms with Crippen molar-refractivity contribution in [3.05, 3.63) is 65.2 Å². The molecule has 1 unspecified atom stereocenters. The molecule has 1 atom stereocenters. The summed E-state index contributed by atoms with van der Waals surface area (Å²) < 4.78 is 0. The summed E-state index contributed by atoms with van der Waals surface area (Å²) in [5.74, 6) is 0.0764. The zero-order valence-electron chi connectivity index (χ0n) is 13.1. The number of nitrogens with one attached hydrogen (secondary N) is 1. The van der Waals surface area contributed by atoms with Gasteiger partial charge in [-0.05, 0) is 36.1 Å². The summed E-state index contributed by atoms with van der Waals surface area (Å²) >= 11 is 0. The summed E-state index contributed by atoms with van der Waals surface area (Å²) in [4.78, 5) is 15.1. The normalized spacial score (nSPS) is 23.9. The molecule has 0 bridgehead atoms. The van der Waals surface area contributed by atoms with Gasteiger partial charge in [-0.2, -0.15) is 0 Å². The van der Waals surface area contributed by atoms with Gasteiger partial charge in [0.1, 0.15) is 6.17 Å². The van der Waals surface area contributed by atoms with E-state index in [2.05, 4.69) is 40.5 Å². The highest BCUT2D eigenvalue weighted by atomic mass is 16.2. The van der Waals surface area contributed by atoms with E-state index in [0.29, 0.717) is 0 Å². The molecule has 1 amide bonds. The minimum atomic E-state index is 0.0675. The maximum atomic E-state index is 12.7. The lowest BCUT2D eigenvalue weighted by atomic mass is 9.70. The number of para-hydroxylation sites is 1. The van der Waals surface area contributed by atoms with Gasteiger partial charge >= 0.3 is 0 Å². The molecular formula is C20H20N2O. The molecule has 5 rings (SSSR count). The number of amides is 1.